The summed E-state index contributed by atoms with van der Waals surface area (Å²) >= 11 is 0. The van der Waals surface area contributed by atoms with Crippen LogP contribution < -0.4 is 15.0 Å². The van der Waals surface area contributed by atoms with E-state index in [1.807, 2.05) is 17.0 Å². The Labute approximate surface area is 191 Å². The highest BCUT2D eigenvalue weighted by Crippen LogP contribution is 2.30. The fraction of sp³-hybridized carbons (Fsp3) is 0.250. The normalized spacial score (nSPS) is 13.5. The number of rotatable bonds is 7. The van der Waals surface area contributed by atoms with E-state index in [-0.39, 0.29) is 16.5 Å². The Bertz CT molecular complexity index is 1110. The molecule has 1 N–H and O–H groups in total. The van der Waals surface area contributed by atoms with Gasteiger partial charge in [-0.3, -0.25) is 19.9 Å². The number of ether oxygens (including phenoxy) is 1. The van der Waals surface area contributed by atoms with Crippen molar-refractivity contribution in [3.05, 3.63) is 88.2 Å². The van der Waals surface area contributed by atoms with Gasteiger partial charge in [-0.25, -0.2) is 0 Å². The first-order valence-corrected chi connectivity index (χ1v) is 10.6. The van der Waals surface area contributed by atoms with E-state index in [1.165, 1.54) is 6.07 Å². The molecule has 0 spiro atoms. The molecule has 170 valence electrons. The second kappa shape index (κ2) is 9.99. The van der Waals surface area contributed by atoms with Crippen LogP contribution in [0.4, 0.5) is 17.1 Å². The molecule has 9 nitrogen and oxygen atoms in total. The smallest absolute Gasteiger partial charge is 0.292 e. The standard InChI is InChI=1S/C24H25N5O4/c1-33-21-7-4-19(5-8-21)24(30)28-13-11-27(12-14-28)20-6-9-23(29(31)32)22(15-20)26-17-18-3-2-10-25-16-18/h2-10,15-16,26H,11-14,17H2,1H3. The van der Waals surface area contributed by atoms with Crippen molar-refractivity contribution in [2.75, 3.05) is 43.5 Å². The zero-order valence-corrected chi connectivity index (χ0v) is 18.3. The van der Waals surface area contributed by atoms with Gasteiger partial charge in [-0.15, -0.1) is 0 Å². The SMILES string of the molecule is COc1ccc(C(=O)N2CCN(c3ccc([N+](=O)[O-])c(NCc4cccnc4)c3)CC2)cc1. The number of aromatic nitrogens is 1. The Hall–Kier alpha value is -4.14. The summed E-state index contributed by atoms with van der Waals surface area (Å²) in [6, 6.07) is 15.9. The van der Waals surface area contributed by atoms with Crippen LogP contribution in [0.5, 0.6) is 5.75 Å². The highest BCUT2D eigenvalue weighted by molar-refractivity contribution is 5.94. The third-order valence-corrected chi connectivity index (χ3v) is 5.65. The maximum atomic E-state index is 12.8. The molecule has 2 heterocycles. The van der Waals surface area contributed by atoms with Gasteiger partial charge in [-0.1, -0.05) is 6.07 Å². The maximum absolute atomic E-state index is 12.8. The van der Waals surface area contributed by atoms with E-state index >= 15 is 0 Å². The third kappa shape index (κ3) is 5.20. The minimum atomic E-state index is -0.388. The molecule has 0 atom stereocenters. The summed E-state index contributed by atoms with van der Waals surface area (Å²) < 4.78 is 5.15. The fourth-order valence-corrected chi connectivity index (χ4v) is 3.81. The van der Waals surface area contributed by atoms with Crippen LogP contribution in [0, 0.1) is 10.1 Å². The molecule has 33 heavy (non-hydrogen) atoms. The van der Waals surface area contributed by atoms with Crippen molar-refractivity contribution < 1.29 is 14.5 Å². The van der Waals surface area contributed by atoms with Crippen molar-refractivity contribution in [1.29, 1.82) is 0 Å². The number of methoxy groups -OCH3 is 1. The average molecular weight is 447 g/mol. The summed E-state index contributed by atoms with van der Waals surface area (Å²) in [5, 5.41) is 14.7. The number of carbonyl (C=O) groups is 1. The number of pyridine rings is 1. The molecule has 4 rings (SSSR count). The molecule has 1 aliphatic heterocycles. The number of nitro groups is 1. The lowest BCUT2D eigenvalue weighted by atomic mass is 10.1. The lowest BCUT2D eigenvalue weighted by Crippen LogP contribution is -2.48. The molecule has 0 bridgehead atoms. The summed E-state index contributed by atoms with van der Waals surface area (Å²) in [5.41, 5.74) is 2.92. The van der Waals surface area contributed by atoms with Crippen molar-refractivity contribution in [3.63, 3.8) is 0 Å². The van der Waals surface area contributed by atoms with Crippen molar-refractivity contribution in [3.8, 4) is 5.75 Å². The number of carbonyl (C=O) groups excluding carboxylic acids is 1. The monoisotopic (exact) mass is 447 g/mol. The number of hydrogen-bond acceptors (Lipinski definition) is 7. The van der Waals surface area contributed by atoms with Gasteiger partial charge in [-0.05, 0) is 48.0 Å². The Balaban J connectivity index is 1.42. The molecular weight excluding hydrogens is 422 g/mol. The van der Waals surface area contributed by atoms with E-state index in [9.17, 15) is 14.9 Å². The molecule has 1 saturated heterocycles. The van der Waals surface area contributed by atoms with Gasteiger partial charge >= 0.3 is 0 Å². The molecule has 0 saturated carbocycles. The van der Waals surface area contributed by atoms with E-state index in [1.54, 1.807) is 55.9 Å². The summed E-state index contributed by atoms with van der Waals surface area (Å²) in [7, 11) is 1.59. The summed E-state index contributed by atoms with van der Waals surface area (Å²) in [4.78, 5) is 32.0. The van der Waals surface area contributed by atoms with Crippen LogP contribution >= 0.6 is 0 Å². The molecule has 3 aromatic rings. The van der Waals surface area contributed by atoms with Crippen LogP contribution in [-0.4, -0.2) is 54.0 Å². The number of nitrogens with zero attached hydrogens (tertiary/aromatic N) is 4. The number of benzene rings is 2. The van der Waals surface area contributed by atoms with Gasteiger partial charge in [0.1, 0.15) is 11.4 Å². The molecule has 1 aliphatic rings. The first kappa shape index (κ1) is 22.1. The lowest BCUT2D eigenvalue weighted by molar-refractivity contribution is -0.384. The molecule has 1 aromatic heterocycles. The summed E-state index contributed by atoms with van der Waals surface area (Å²) in [6.07, 6.45) is 3.41. The quantitative estimate of drug-likeness (QED) is 0.436. The highest BCUT2D eigenvalue weighted by Gasteiger charge is 2.24. The molecule has 1 fully saturated rings. The van der Waals surface area contributed by atoms with Crippen LogP contribution in [0.1, 0.15) is 15.9 Å². The minimum absolute atomic E-state index is 0.0140. The van der Waals surface area contributed by atoms with Gasteiger partial charge in [0.25, 0.3) is 11.6 Å². The van der Waals surface area contributed by atoms with Crippen molar-refractivity contribution >= 4 is 23.0 Å². The van der Waals surface area contributed by atoms with Crippen molar-refractivity contribution in [2.24, 2.45) is 0 Å². The number of hydrogen-bond donors (Lipinski definition) is 1. The second-order valence-corrected chi connectivity index (χ2v) is 7.68. The van der Waals surface area contributed by atoms with Crippen LogP contribution in [0.25, 0.3) is 0 Å². The first-order valence-electron chi connectivity index (χ1n) is 10.6. The van der Waals surface area contributed by atoms with E-state index in [4.69, 9.17) is 4.74 Å². The van der Waals surface area contributed by atoms with Gasteiger partial charge < -0.3 is 19.9 Å². The predicted molar refractivity (Wildman–Crippen MR) is 126 cm³/mol. The largest absolute Gasteiger partial charge is 0.497 e. The Morgan fingerprint density at radius 1 is 1.12 bits per heavy atom. The lowest BCUT2D eigenvalue weighted by Gasteiger charge is -2.36. The zero-order chi connectivity index (χ0) is 23.2. The summed E-state index contributed by atoms with van der Waals surface area (Å²) in [5.74, 6) is 0.697. The number of piperazine rings is 1. The van der Waals surface area contributed by atoms with E-state index in [0.29, 0.717) is 49.7 Å². The third-order valence-electron chi connectivity index (χ3n) is 5.65. The molecule has 0 radical (unpaired) electrons. The number of amides is 1. The molecule has 0 unspecified atom stereocenters. The van der Waals surface area contributed by atoms with Crippen LogP contribution in [0.15, 0.2) is 67.0 Å². The van der Waals surface area contributed by atoms with Gasteiger partial charge in [-0.2, -0.15) is 0 Å². The van der Waals surface area contributed by atoms with Crippen LogP contribution in [-0.2, 0) is 6.54 Å². The number of nitro benzene ring substituents is 1. The molecule has 9 heteroatoms. The second-order valence-electron chi connectivity index (χ2n) is 7.68. The van der Waals surface area contributed by atoms with E-state index < -0.39 is 0 Å². The first-order chi connectivity index (χ1) is 16.0. The van der Waals surface area contributed by atoms with Gasteiger partial charge in [0.05, 0.1) is 12.0 Å². The average Bonchev–Trinajstić information content (AvgIpc) is 2.87. The Morgan fingerprint density at radius 2 is 1.88 bits per heavy atom. The number of nitrogens with one attached hydrogen (secondary N) is 1. The van der Waals surface area contributed by atoms with Gasteiger partial charge in [0.15, 0.2) is 0 Å². The highest BCUT2D eigenvalue weighted by atomic mass is 16.6. The maximum Gasteiger partial charge on any atom is 0.292 e. The Kier molecular flexibility index (Phi) is 6.68. The van der Waals surface area contributed by atoms with Crippen molar-refractivity contribution in [2.45, 2.75) is 6.54 Å². The van der Waals surface area contributed by atoms with Crippen LogP contribution in [0.3, 0.4) is 0 Å². The zero-order valence-electron chi connectivity index (χ0n) is 18.3. The van der Waals surface area contributed by atoms with E-state index in [2.05, 4.69) is 15.2 Å². The predicted octanol–water partition coefficient (Wildman–Crippen LogP) is 3.57. The molecule has 0 aliphatic carbocycles. The topological polar surface area (TPSA) is 101 Å². The fourth-order valence-electron chi connectivity index (χ4n) is 3.81. The Morgan fingerprint density at radius 3 is 2.52 bits per heavy atom. The molecule has 2 aromatic carbocycles. The summed E-state index contributed by atoms with van der Waals surface area (Å²) in [6.45, 7) is 2.85. The van der Waals surface area contributed by atoms with Crippen molar-refractivity contribution in [1.82, 2.24) is 9.88 Å². The van der Waals surface area contributed by atoms with E-state index in [0.717, 1.165) is 11.3 Å². The molecular formula is C24H25N5O4. The minimum Gasteiger partial charge on any atom is -0.497 e. The number of anilines is 2. The molecule has 1 amide bonds. The van der Waals surface area contributed by atoms with Gasteiger partial charge in [0.2, 0.25) is 0 Å². The van der Waals surface area contributed by atoms with Crippen LogP contribution in [0.2, 0.25) is 0 Å². The van der Waals surface area contributed by atoms with Gasteiger partial charge in [0, 0.05) is 62.4 Å².